The number of amides is 1. The van der Waals surface area contributed by atoms with E-state index in [9.17, 15) is 4.79 Å². The van der Waals surface area contributed by atoms with Crippen LogP contribution < -0.4 is 5.32 Å². The fourth-order valence-electron chi connectivity index (χ4n) is 1.83. The molecule has 0 bridgehead atoms. The molecule has 1 atom stereocenters. The van der Waals surface area contributed by atoms with Gasteiger partial charge in [-0.1, -0.05) is 18.5 Å². The molecule has 0 aliphatic carbocycles. The molecule has 0 spiro atoms. The quantitative estimate of drug-likeness (QED) is 0.867. The Kier molecular flexibility index (Phi) is 5.85. The Bertz CT molecular complexity index is 450. The van der Waals surface area contributed by atoms with Gasteiger partial charge in [-0.15, -0.1) is 0 Å². The second-order valence-corrected chi connectivity index (χ2v) is 7.25. The molecular formula is C13H17ClN2OS2. The zero-order chi connectivity index (χ0) is 13.7. The summed E-state index contributed by atoms with van der Waals surface area (Å²) < 4.78 is 0. The highest BCUT2D eigenvalue weighted by Gasteiger charge is 2.16. The molecule has 0 saturated carbocycles. The first kappa shape index (κ1) is 15.0. The zero-order valence-corrected chi connectivity index (χ0v) is 13.2. The molecule has 3 nitrogen and oxygen atoms in total. The van der Waals surface area contributed by atoms with Gasteiger partial charge in [0.2, 0.25) is 0 Å². The predicted octanol–water partition coefficient (Wildman–Crippen LogP) is 2.88. The van der Waals surface area contributed by atoms with E-state index in [1.807, 2.05) is 36.5 Å². The van der Waals surface area contributed by atoms with E-state index in [1.165, 1.54) is 11.5 Å². The predicted molar refractivity (Wildman–Crippen MR) is 84.5 cm³/mol. The first-order valence-corrected chi connectivity index (χ1v) is 8.91. The molecule has 1 aliphatic rings. The number of rotatable bonds is 4. The van der Waals surface area contributed by atoms with E-state index in [4.69, 9.17) is 11.6 Å². The van der Waals surface area contributed by atoms with Crippen LogP contribution in [0.25, 0.3) is 0 Å². The van der Waals surface area contributed by atoms with Crippen molar-refractivity contribution in [2.45, 2.75) is 18.6 Å². The smallest absolute Gasteiger partial charge is 0.251 e. The maximum atomic E-state index is 12.1. The fraction of sp³-hybridized carbons (Fsp3) is 0.538. The molecule has 1 unspecified atom stereocenters. The van der Waals surface area contributed by atoms with Crippen LogP contribution in [0.2, 0.25) is 5.15 Å². The maximum Gasteiger partial charge on any atom is 0.251 e. The average Bonchev–Trinajstić information content (AvgIpc) is 2.45. The number of aromatic nitrogens is 1. The summed E-state index contributed by atoms with van der Waals surface area (Å²) in [5.41, 5.74) is 1.45. The Hall–Kier alpha value is -0.390. The lowest BCUT2D eigenvalue weighted by molar-refractivity contribution is 0.0954. The Morgan fingerprint density at radius 3 is 3.05 bits per heavy atom. The molecular weight excluding hydrogens is 300 g/mol. The van der Waals surface area contributed by atoms with Gasteiger partial charge in [0, 0.05) is 40.3 Å². The van der Waals surface area contributed by atoms with Gasteiger partial charge in [0.05, 0.1) is 0 Å². The lowest BCUT2D eigenvalue weighted by Crippen LogP contribution is -2.33. The zero-order valence-electron chi connectivity index (χ0n) is 10.8. The number of pyridine rings is 1. The van der Waals surface area contributed by atoms with Gasteiger partial charge in [-0.2, -0.15) is 23.5 Å². The number of aryl methyl sites for hydroxylation is 1. The molecule has 1 fully saturated rings. The molecule has 1 aromatic rings. The minimum atomic E-state index is -0.0600. The summed E-state index contributed by atoms with van der Waals surface area (Å²) >= 11 is 9.82. The molecule has 6 heteroatoms. The Labute approximate surface area is 127 Å². The van der Waals surface area contributed by atoms with E-state index in [1.54, 1.807) is 6.07 Å². The normalized spacial score (nSPS) is 19.2. The van der Waals surface area contributed by atoms with Crippen LogP contribution in [0.15, 0.2) is 12.1 Å². The van der Waals surface area contributed by atoms with E-state index in [2.05, 4.69) is 10.3 Å². The van der Waals surface area contributed by atoms with E-state index in [-0.39, 0.29) is 5.91 Å². The number of hydrogen-bond acceptors (Lipinski definition) is 4. The van der Waals surface area contributed by atoms with Gasteiger partial charge in [0.25, 0.3) is 5.91 Å². The van der Waals surface area contributed by atoms with Gasteiger partial charge in [-0.05, 0) is 18.6 Å². The monoisotopic (exact) mass is 316 g/mol. The highest BCUT2D eigenvalue weighted by atomic mass is 35.5. The second-order valence-electron chi connectivity index (χ2n) is 4.30. The molecule has 1 aliphatic heterocycles. The van der Waals surface area contributed by atoms with Crippen molar-refractivity contribution in [1.29, 1.82) is 0 Å². The molecule has 104 valence electrons. The highest BCUT2D eigenvalue weighted by Crippen LogP contribution is 2.23. The summed E-state index contributed by atoms with van der Waals surface area (Å²) in [7, 11) is 0. The van der Waals surface area contributed by atoms with Crippen molar-refractivity contribution in [3.8, 4) is 0 Å². The van der Waals surface area contributed by atoms with E-state index in [0.717, 1.165) is 24.4 Å². The number of carbonyl (C=O) groups is 1. The maximum absolute atomic E-state index is 12.1. The minimum absolute atomic E-state index is 0.0600. The molecule has 0 radical (unpaired) electrons. The van der Waals surface area contributed by atoms with Crippen molar-refractivity contribution in [1.82, 2.24) is 10.3 Å². The molecule has 1 aromatic heterocycles. The first-order chi connectivity index (χ1) is 9.19. The summed E-state index contributed by atoms with van der Waals surface area (Å²) in [6, 6.07) is 3.43. The minimum Gasteiger partial charge on any atom is -0.351 e. The van der Waals surface area contributed by atoms with Crippen molar-refractivity contribution in [3.05, 3.63) is 28.5 Å². The largest absolute Gasteiger partial charge is 0.351 e. The summed E-state index contributed by atoms with van der Waals surface area (Å²) in [6.45, 7) is 2.72. The van der Waals surface area contributed by atoms with E-state index in [0.29, 0.717) is 16.0 Å². The lowest BCUT2D eigenvalue weighted by Gasteiger charge is -2.21. The summed E-state index contributed by atoms with van der Waals surface area (Å²) in [6.07, 6.45) is 0.774. The number of thioether (sulfide) groups is 2. The Morgan fingerprint density at radius 2 is 2.37 bits per heavy atom. The van der Waals surface area contributed by atoms with Crippen LogP contribution in [0.4, 0.5) is 0 Å². The third-order valence-corrected chi connectivity index (χ3v) is 5.89. The summed E-state index contributed by atoms with van der Waals surface area (Å²) in [4.78, 5) is 16.3. The second kappa shape index (κ2) is 7.41. The third-order valence-electron chi connectivity index (χ3n) is 2.85. The van der Waals surface area contributed by atoms with Crippen LogP contribution in [-0.4, -0.2) is 39.9 Å². The Morgan fingerprint density at radius 1 is 1.53 bits per heavy atom. The van der Waals surface area contributed by atoms with Crippen LogP contribution in [0.1, 0.15) is 23.0 Å². The van der Waals surface area contributed by atoms with Crippen molar-refractivity contribution < 1.29 is 4.79 Å². The van der Waals surface area contributed by atoms with Crippen LogP contribution in [0, 0.1) is 0 Å². The number of carbonyl (C=O) groups excluding carboxylic acids is 1. The van der Waals surface area contributed by atoms with Crippen LogP contribution in [-0.2, 0) is 6.42 Å². The molecule has 19 heavy (non-hydrogen) atoms. The Balaban J connectivity index is 1.93. The van der Waals surface area contributed by atoms with Crippen molar-refractivity contribution in [2.24, 2.45) is 0 Å². The van der Waals surface area contributed by atoms with Gasteiger partial charge in [0.15, 0.2) is 0 Å². The number of nitrogens with one attached hydrogen (secondary N) is 1. The summed E-state index contributed by atoms with van der Waals surface area (Å²) in [5, 5.41) is 3.89. The van der Waals surface area contributed by atoms with Gasteiger partial charge < -0.3 is 5.32 Å². The van der Waals surface area contributed by atoms with Crippen LogP contribution in [0.3, 0.4) is 0 Å². The molecule has 1 amide bonds. The van der Waals surface area contributed by atoms with Crippen molar-refractivity contribution >= 4 is 41.0 Å². The highest BCUT2D eigenvalue weighted by molar-refractivity contribution is 8.06. The van der Waals surface area contributed by atoms with Crippen molar-refractivity contribution in [2.75, 3.05) is 23.8 Å². The van der Waals surface area contributed by atoms with Gasteiger partial charge in [-0.3, -0.25) is 4.79 Å². The molecule has 2 heterocycles. The summed E-state index contributed by atoms with van der Waals surface area (Å²) in [5.74, 6) is 3.44. The SMILES string of the molecule is CCc1cc(C(=O)NCC2CSCCS2)cc(Cl)n1. The van der Waals surface area contributed by atoms with Crippen LogP contribution in [0.5, 0.6) is 0 Å². The topological polar surface area (TPSA) is 42.0 Å². The van der Waals surface area contributed by atoms with Gasteiger partial charge in [-0.25, -0.2) is 4.98 Å². The molecule has 1 N–H and O–H groups in total. The molecule has 1 saturated heterocycles. The van der Waals surface area contributed by atoms with E-state index >= 15 is 0 Å². The molecule has 2 rings (SSSR count). The van der Waals surface area contributed by atoms with Gasteiger partial charge >= 0.3 is 0 Å². The first-order valence-electron chi connectivity index (χ1n) is 6.33. The average molecular weight is 317 g/mol. The van der Waals surface area contributed by atoms with Crippen LogP contribution >= 0.6 is 35.1 Å². The fourth-order valence-corrected chi connectivity index (χ4v) is 4.66. The third kappa shape index (κ3) is 4.58. The van der Waals surface area contributed by atoms with Crippen molar-refractivity contribution in [3.63, 3.8) is 0 Å². The molecule has 0 aromatic carbocycles. The number of hydrogen-bond donors (Lipinski definition) is 1. The standard InChI is InChI=1S/C13H17ClN2OS2/c1-2-10-5-9(6-12(14)16-10)13(17)15-7-11-8-18-3-4-19-11/h5-6,11H,2-4,7-8H2,1H3,(H,15,17). The lowest BCUT2D eigenvalue weighted by atomic mass is 10.2. The van der Waals surface area contributed by atoms with E-state index < -0.39 is 0 Å². The number of nitrogens with zero attached hydrogens (tertiary/aromatic N) is 1. The number of halogens is 1. The van der Waals surface area contributed by atoms with Gasteiger partial charge in [0.1, 0.15) is 5.15 Å².